The predicted molar refractivity (Wildman–Crippen MR) is 115 cm³/mol. The number of thioether (sulfide) groups is 1. The van der Waals surface area contributed by atoms with Gasteiger partial charge in [0.1, 0.15) is 0 Å². The molecule has 0 amide bonds. The van der Waals surface area contributed by atoms with E-state index in [1.807, 2.05) is 36.4 Å². The quantitative estimate of drug-likeness (QED) is 0.299. The second-order valence-electron chi connectivity index (χ2n) is 6.52. The van der Waals surface area contributed by atoms with Gasteiger partial charge in [-0.3, -0.25) is 9.36 Å². The van der Waals surface area contributed by atoms with Crippen molar-refractivity contribution in [1.29, 1.82) is 0 Å². The first-order valence-electron chi connectivity index (χ1n) is 9.36. The summed E-state index contributed by atoms with van der Waals surface area (Å²) in [5.74, 6) is 1.34. The zero-order valence-electron chi connectivity index (χ0n) is 15.8. The highest BCUT2D eigenvalue weighted by molar-refractivity contribution is 7.98. The van der Waals surface area contributed by atoms with Crippen LogP contribution in [-0.4, -0.2) is 19.7 Å². The lowest BCUT2D eigenvalue weighted by Gasteiger charge is -2.12. The third-order valence-electron chi connectivity index (χ3n) is 4.44. The Labute approximate surface area is 176 Å². The number of nitrogens with zero attached hydrogens (tertiary/aromatic N) is 4. The lowest BCUT2D eigenvalue weighted by Crippen LogP contribution is -2.23. The first-order valence-corrected chi connectivity index (χ1v) is 10.7. The molecule has 0 saturated heterocycles. The molecule has 0 atom stereocenters. The number of benzene rings is 2. The summed E-state index contributed by atoms with van der Waals surface area (Å²) in [5.41, 5.74) is 1.49. The zero-order valence-corrected chi connectivity index (χ0v) is 17.4. The highest BCUT2D eigenvalue weighted by Gasteiger charge is 2.14. The van der Waals surface area contributed by atoms with Gasteiger partial charge in [0.2, 0.25) is 11.8 Å². The van der Waals surface area contributed by atoms with E-state index in [-0.39, 0.29) is 5.56 Å². The Morgan fingerprint density at radius 2 is 1.90 bits per heavy atom. The van der Waals surface area contributed by atoms with Crippen LogP contribution in [0.4, 0.5) is 0 Å². The highest BCUT2D eigenvalue weighted by atomic mass is 35.5. The summed E-state index contributed by atoms with van der Waals surface area (Å²) in [4.78, 5) is 17.6. The first kappa shape index (κ1) is 19.7. The van der Waals surface area contributed by atoms with Crippen LogP contribution in [-0.2, 0) is 12.3 Å². The molecule has 0 saturated carbocycles. The second kappa shape index (κ2) is 8.80. The van der Waals surface area contributed by atoms with Gasteiger partial charge in [0, 0.05) is 17.1 Å². The van der Waals surface area contributed by atoms with Gasteiger partial charge in [-0.2, -0.15) is 0 Å². The Morgan fingerprint density at radius 1 is 1.10 bits per heavy atom. The minimum absolute atomic E-state index is 0.0149. The van der Waals surface area contributed by atoms with E-state index in [1.54, 1.807) is 16.7 Å². The van der Waals surface area contributed by atoms with Crippen LogP contribution in [0, 0.1) is 0 Å². The molecule has 2 aromatic heterocycles. The van der Waals surface area contributed by atoms with Gasteiger partial charge in [-0.1, -0.05) is 48.8 Å². The van der Waals surface area contributed by atoms with Crippen LogP contribution in [0.5, 0.6) is 0 Å². The fraction of sp³-hybridized carbons (Fsp3) is 0.238. The predicted octanol–water partition coefficient (Wildman–Crippen LogP) is 5.19. The molecule has 148 valence electrons. The van der Waals surface area contributed by atoms with Crippen molar-refractivity contribution in [1.82, 2.24) is 19.7 Å². The van der Waals surface area contributed by atoms with Crippen LogP contribution in [0.15, 0.2) is 62.9 Å². The molecular formula is C21H19ClN4O2S. The summed E-state index contributed by atoms with van der Waals surface area (Å²) in [5, 5.41) is 10.2. The molecule has 0 spiro atoms. The van der Waals surface area contributed by atoms with E-state index < -0.39 is 0 Å². The average Bonchev–Trinajstić information content (AvgIpc) is 3.21. The van der Waals surface area contributed by atoms with Crippen molar-refractivity contribution in [2.24, 2.45) is 0 Å². The average molecular weight is 427 g/mol. The molecule has 0 unspecified atom stereocenters. The van der Waals surface area contributed by atoms with Crippen LogP contribution in [0.25, 0.3) is 22.4 Å². The molecule has 0 aliphatic rings. The molecule has 0 radical (unpaired) electrons. The van der Waals surface area contributed by atoms with Crippen LogP contribution in [0.2, 0.25) is 5.02 Å². The summed E-state index contributed by atoms with van der Waals surface area (Å²) in [6.45, 7) is 2.73. The van der Waals surface area contributed by atoms with E-state index in [0.717, 1.165) is 18.4 Å². The number of halogens is 1. The number of fused-ring (bicyclic) bond motifs is 1. The molecule has 0 fully saturated rings. The molecular weight excluding hydrogens is 408 g/mol. The molecule has 0 bridgehead atoms. The molecule has 8 heteroatoms. The second-order valence-corrected chi connectivity index (χ2v) is 7.90. The van der Waals surface area contributed by atoms with Crippen LogP contribution in [0.1, 0.15) is 25.7 Å². The van der Waals surface area contributed by atoms with Crippen LogP contribution in [0.3, 0.4) is 0 Å². The first-order chi connectivity index (χ1) is 14.2. The minimum atomic E-state index is -0.0149. The van der Waals surface area contributed by atoms with Gasteiger partial charge >= 0.3 is 0 Å². The Morgan fingerprint density at radius 3 is 2.69 bits per heavy atom. The van der Waals surface area contributed by atoms with Crippen molar-refractivity contribution in [3.63, 3.8) is 0 Å². The Bertz CT molecular complexity index is 1190. The number of para-hydroxylation sites is 1. The van der Waals surface area contributed by atoms with Gasteiger partial charge in [0.15, 0.2) is 5.16 Å². The lowest BCUT2D eigenvalue weighted by molar-refractivity contribution is 0.526. The van der Waals surface area contributed by atoms with E-state index in [2.05, 4.69) is 17.1 Å². The van der Waals surface area contributed by atoms with Gasteiger partial charge in [-0.05, 0) is 42.8 Å². The van der Waals surface area contributed by atoms with E-state index in [1.165, 1.54) is 11.8 Å². The summed E-state index contributed by atoms with van der Waals surface area (Å²) in [6, 6.07) is 14.6. The molecule has 4 rings (SSSR count). The van der Waals surface area contributed by atoms with Gasteiger partial charge in [-0.25, -0.2) is 4.98 Å². The number of rotatable bonds is 7. The van der Waals surface area contributed by atoms with Crippen molar-refractivity contribution < 1.29 is 4.42 Å². The zero-order chi connectivity index (χ0) is 20.2. The van der Waals surface area contributed by atoms with Gasteiger partial charge in [0.25, 0.3) is 5.56 Å². The van der Waals surface area contributed by atoms with Crippen molar-refractivity contribution in [2.75, 3.05) is 0 Å². The Kier molecular flexibility index (Phi) is 5.97. The maximum atomic E-state index is 12.9. The maximum absolute atomic E-state index is 12.9. The smallest absolute Gasteiger partial charge is 0.262 e. The van der Waals surface area contributed by atoms with Crippen LogP contribution >= 0.6 is 23.4 Å². The van der Waals surface area contributed by atoms with Crippen molar-refractivity contribution in [3.05, 3.63) is 69.8 Å². The standard InChI is InChI=1S/C21H19ClN4O2S/c1-2-3-12-26-20(27)16-6-4-5-7-17(16)23-21(26)29-13-18-24-25-19(28-18)14-8-10-15(22)11-9-14/h4-11H,2-3,12-13H2,1H3. The molecule has 2 heterocycles. The molecule has 0 N–H and O–H groups in total. The van der Waals surface area contributed by atoms with E-state index in [0.29, 0.717) is 45.2 Å². The largest absolute Gasteiger partial charge is 0.420 e. The maximum Gasteiger partial charge on any atom is 0.262 e. The summed E-state index contributed by atoms with van der Waals surface area (Å²) in [6.07, 6.45) is 1.91. The van der Waals surface area contributed by atoms with Crippen molar-refractivity contribution in [2.45, 2.75) is 37.2 Å². The number of hydrogen-bond donors (Lipinski definition) is 0. The molecule has 2 aromatic carbocycles. The summed E-state index contributed by atoms with van der Waals surface area (Å²) in [7, 11) is 0. The number of unbranched alkanes of at least 4 members (excludes halogenated alkanes) is 1. The molecule has 6 nitrogen and oxygen atoms in total. The molecule has 4 aromatic rings. The Hall–Kier alpha value is -2.64. The van der Waals surface area contributed by atoms with Crippen molar-refractivity contribution in [3.8, 4) is 11.5 Å². The van der Waals surface area contributed by atoms with E-state index >= 15 is 0 Å². The molecule has 0 aliphatic carbocycles. The van der Waals surface area contributed by atoms with Gasteiger partial charge in [0.05, 0.1) is 16.7 Å². The topological polar surface area (TPSA) is 73.8 Å². The highest BCUT2D eigenvalue weighted by Crippen LogP contribution is 2.25. The van der Waals surface area contributed by atoms with Crippen molar-refractivity contribution >= 4 is 34.3 Å². The lowest BCUT2D eigenvalue weighted by atomic mass is 10.2. The summed E-state index contributed by atoms with van der Waals surface area (Å²) < 4.78 is 7.51. The fourth-order valence-corrected chi connectivity index (χ4v) is 3.91. The van der Waals surface area contributed by atoms with Gasteiger partial charge < -0.3 is 4.42 Å². The normalized spacial score (nSPS) is 11.2. The molecule has 0 aliphatic heterocycles. The van der Waals surface area contributed by atoms with Gasteiger partial charge in [-0.15, -0.1) is 10.2 Å². The number of aromatic nitrogens is 4. The van der Waals surface area contributed by atoms with Crippen LogP contribution < -0.4 is 5.56 Å². The van der Waals surface area contributed by atoms with E-state index in [4.69, 9.17) is 21.0 Å². The summed E-state index contributed by atoms with van der Waals surface area (Å²) >= 11 is 7.35. The number of hydrogen-bond acceptors (Lipinski definition) is 6. The minimum Gasteiger partial charge on any atom is -0.420 e. The Balaban J connectivity index is 1.59. The monoisotopic (exact) mass is 426 g/mol. The van der Waals surface area contributed by atoms with E-state index in [9.17, 15) is 4.79 Å². The third kappa shape index (κ3) is 4.36. The molecule has 29 heavy (non-hydrogen) atoms. The SMILES string of the molecule is CCCCn1c(SCc2nnc(-c3ccc(Cl)cc3)o2)nc2ccccc2c1=O. The fourth-order valence-electron chi connectivity index (χ4n) is 2.92. The third-order valence-corrected chi connectivity index (χ3v) is 5.66.